The quantitative estimate of drug-likeness (QED) is 0.232. The third kappa shape index (κ3) is 6.24. The molecule has 198 valence electrons. The predicted molar refractivity (Wildman–Crippen MR) is 138 cm³/mol. The van der Waals surface area contributed by atoms with Gasteiger partial charge in [0.25, 0.3) is 5.91 Å². The van der Waals surface area contributed by atoms with Crippen LogP contribution in [0, 0.1) is 11.8 Å². The summed E-state index contributed by atoms with van der Waals surface area (Å²) in [6, 6.07) is -1.05. The number of hydrogen-bond acceptors (Lipinski definition) is 6. The van der Waals surface area contributed by atoms with Crippen LogP contribution in [0.2, 0.25) is 18.1 Å². The van der Waals surface area contributed by atoms with Crippen LogP contribution in [0.1, 0.15) is 61.3 Å². The van der Waals surface area contributed by atoms with Crippen molar-refractivity contribution in [2.45, 2.75) is 104 Å². The molecule has 0 bridgehead atoms. The summed E-state index contributed by atoms with van der Waals surface area (Å²) in [5.41, 5.74) is -0.293. The lowest BCUT2D eigenvalue weighted by atomic mass is 9.94. The van der Waals surface area contributed by atoms with Crippen molar-refractivity contribution in [3.63, 3.8) is 0 Å². The van der Waals surface area contributed by atoms with E-state index in [0.717, 1.165) is 0 Å². The van der Waals surface area contributed by atoms with E-state index in [0.29, 0.717) is 12.8 Å². The lowest BCUT2D eigenvalue weighted by molar-refractivity contribution is -0.179. The highest BCUT2D eigenvalue weighted by Gasteiger charge is 2.53. The molecule has 9 heteroatoms. The Kier molecular flexibility index (Phi) is 9.17. The molecule has 2 aliphatic rings. The van der Waals surface area contributed by atoms with E-state index >= 15 is 0 Å². The van der Waals surface area contributed by atoms with Crippen LogP contribution in [-0.2, 0) is 23.5 Å². The second-order valence-corrected chi connectivity index (χ2v) is 16.3. The van der Waals surface area contributed by atoms with E-state index in [2.05, 4.69) is 39.2 Å². The monoisotopic (exact) mass is 508 g/mol. The number of ether oxygens (including phenoxy) is 1. The van der Waals surface area contributed by atoms with Gasteiger partial charge in [0, 0.05) is 7.05 Å². The van der Waals surface area contributed by atoms with Gasteiger partial charge in [0.05, 0.1) is 18.1 Å². The van der Waals surface area contributed by atoms with Gasteiger partial charge in [-0.15, -0.1) is 0 Å². The number of hydrogen-bond donors (Lipinski definition) is 2. The maximum Gasteiger partial charge on any atom is 0.264 e. The average Bonchev–Trinajstić information content (AvgIpc) is 3.01. The lowest BCUT2D eigenvalue weighted by Crippen LogP contribution is -2.56. The van der Waals surface area contributed by atoms with Crippen LogP contribution in [0.3, 0.4) is 0 Å². The van der Waals surface area contributed by atoms with Crippen LogP contribution in [0.4, 0.5) is 0 Å². The highest BCUT2D eigenvalue weighted by molar-refractivity contribution is 6.74. The van der Waals surface area contributed by atoms with E-state index in [1.807, 2.05) is 20.8 Å². The van der Waals surface area contributed by atoms with Gasteiger partial charge in [0.2, 0.25) is 5.91 Å². The summed E-state index contributed by atoms with van der Waals surface area (Å²) in [5, 5.41) is 13.2. The highest BCUT2D eigenvalue weighted by Crippen LogP contribution is 2.40. The first-order chi connectivity index (χ1) is 16.0. The van der Waals surface area contributed by atoms with Crippen molar-refractivity contribution in [2.75, 3.05) is 7.05 Å². The maximum absolute atomic E-state index is 13.5. The average molecular weight is 509 g/mol. The summed E-state index contributed by atoms with van der Waals surface area (Å²) in [6.07, 6.45) is 3.11. The van der Waals surface area contributed by atoms with Gasteiger partial charge in [0.15, 0.2) is 14.1 Å². The lowest BCUT2D eigenvalue weighted by Gasteiger charge is -2.45. The Morgan fingerprint density at radius 3 is 2.31 bits per heavy atom. The number of aliphatic hydroxyl groups excluding tert-OH is 1. The molecule has 0 aromatic rings. The van der Waals surface area contributed by atoms with Crippen molar-refractivity contribution in [3.8, 4) is 0 Å². The van der Waals surface area contributed by atoms with E-state index in [-0.39, 0.29) is 40.4 Å². The van der Waals surface area contributed by atoms with E-state index in [9.17, 15) is 19.5 Å². The highest BCUT2D eigenvalue weighted by atomic mass is 28.4. The molecule has 4 unspecified atom stereocenters. The van der Waals surface area contributed by atoms with Crippen LogP contribution in [-0.4, -0.2) is 67.4 Å². The Bertz CT molecular complexity index is 889. The fourth-order valence-corrected chi connectivity index (χ4v) is 5.67. The fourth-order valence-electron chi connectivity index (χ4n) is 4.25. The first-order valence-electron chi connectivity index (χ1n) is 12.6. The first-order valence-corrected chi connectivity index (χ1v) is 15.5. The Morgan fingerprint density at radius 1 is 1.23 bits per heavy atom. The topological polar surface area (TPSA) is 105 Å². The molecule has 8 nitrogen and oxygen atoms in total. The summed E-state index contributed by atoms with van der Waals surface area (Å²) in [6.45, 7) is 18.3. The number of nitrogens with zero attached hydrogens (tertiary/aromatic N) is 1. The molecular weight excluding hydrogens is 464 g/mol. The van der Waals surface area contributed by atoms with E-state index in [4.69, 9.17) is 9.16 Å². The van der Waals surface area contributed by atoms with Crippen molar-refractivity contribution >= 4 is 25.9 Å². The fraction of sp³-hybridized carbons (Fsp3) is 0.731. The van der Waals surface area contributed by atoms with Crippen molar-refractivity contribution in [1.29, 1.82) is 0 Å². The van der Waals surface area contributed by atoms with E-state index in [1.165, 1.54) is 18.0 Å². The molecule has 0 saturated carbocycles. The van der Waals surface area contributed by atoms with E-state index in [1.54, 1.807) is 13.0 Å². The zero-order valence-electron chi connectivity index (χ0n) is 23.0. The van der Waals surface area contributed by atoms with Crippen LogP contribution < -0.4 is 5.32 Å². The minimum absolute atomic E-state index is 0.0513. The number of carbonyl (C=O) groups is 3. The minimum Gasteiger partial charge on any atom is -0.507 e. The number of likely N-dealkylation sites (tertiary alicyclic amines) is 1. The van der Waals surface area contributed by atoms with Crippen LogP contribution >= 0.6 is 0 Å². The molecule has 0 aromatic heterocycles. The van der Waals surface area contributed by atoms with Gasteiger partial charge in [-0.2, -0.15) is 0 Å². The number of carbonyl (C=O) groups excluding carboxylic acids is 3. The molecule has 0 radical (unpaired) electrons. The molecule has 2 heterocycles. The van der Waals surface area contributed by atoms with Crippen molar-refractivity contribution in [2.24, 2.45) is 11.8 Å². The molecule has 2 aliphatic heterocycles. The molecule has 2 rings (SSSR count). The maximum atomic E-state index is 13.5. The molecule has 0 aromatic carbocycles. The van der Waals surface area contributed by atoms with Crippen LogP contribution in [0.15, 0.2) is 23.5 Å². The summed E-state index contributed by atoms with van der Waals surface area (Å²) in [4.78, 5) is 40.7. The number of allylic oxidation sites excluding steroid dienone is 2. The van der Waals surface area contributed by atoms with Gasteiger partial charge in [0.1, 0.15) is 23.6 Å². The standard InChI is InChI=1S/C26H44N2O6Si/c1-15(2)11-12-18(29)21-23(30)22(16(3)24(31)27-8)28(25(21)32)20-14-13-19(17(4)33-20)34-35(9,10)26(5,6)7/h11-12,15-17,19-20,22,29H,13-14H2,1-10H3,(H,27,31)/b12-11+,21-18-/t16-,17?,19?,20?,22?/m0/s1. The Labute approximate surface area is 211 Å². The van der Waals surface area contributed by atoms with Crippen molar-refractivity contribution in [3.05, 3.63) is 23.5 Å². The largest absolute Gasteiger partial charge is 0.507 e. The van der Waals surface area contributed by atoms with Crippen LogP contribution in [0.25, 0.3) is 0 Å². The van der Waals surface area contributed by atoms with Crippen molar-refractivity contribution in [1.82, 2.24) is 10.2 Å². The number of aliphatic hydroxyl groups is 1. The third-order valence-corrected chi connectivity index (χ3v) is 12.0. The van der Waals surface area contributed by atoms with Gasteiger partial charge < -0.3 is 24.5 Å². The summed E-state index contributed by atoms with van der Waals surface area (Å²) >= 11 is 0. The number of amides is 2. The first kappa shape index (κ1) is 29.3. The minimum atomic E-state index is -2.02. The van der Waals surface area contributed by atoms with Gasteiger partial charge in [-0.3, -0.25) is 14.4 Å². The molecule has 2 fully saturated rings. The Morgan fingerprint density at radius 2 is 1.83 bits per heavy atom. The number of nitrogens with one attached hydrogen (secondary N) is 1. The van der Waals surface area contributed by atoms with Gasteiger partial charge in [-0.05, 0) is 49.9 Å². The zero-order valence-corrected chi connectivity index (χ0v) is 24.0. The molecule has 0 spiro atoms. The molecule has 2 amide bonds. The second-order valence-electron chi connectivity index (χ2n) is 11.6. The molecule has 35 heavy (non-hydrogen) atoms. The number of Topliss-reactive ketones (excluding diaryl/α,β-unsaturated/α-hetero) is 1. The number of rotatable bonds is 7. The summed E-state index contributed by atoms with van der Waals surface area (Å²) < 4.78 is 12.9. The van der Waals surface area contributed by atoms with Gasteiger partial charge >= 0.3 is 0 Å². The van der Waals surface area contributed by atoms with Gasteiger partial charge in [-0.25, -0.2) is 0 Å². The molecule has 0 aliphatic carbocycles. The van der Waals surface area contributed by atoms with E-state index < -0.39 is 38.2 Å². The summed E-state index contributed by atoms with van der Waals surface area (Å²) in [7, 11) is -0.531. The third-order valence-electron chi connectivity index (χ3n) is 7.45. The second kappa shape index (κ2) is 11.0. The normalized spacial score (nSPS) is 28.7. The zero-order chi connectivity index (χ0) is 26.9. The van der Waals surface area contributed by atoms with Gasteiger partial charge in [-0.1, -0.05) is 47.6 Å². The molecule has 5 atom stereocenters. The van der Waals surface area contributed by atoms with Crippen molar-refractivity contribution < 1.29 is 28.7 Å². The number of ketones is 1. The SMILES string of the molecule is CNC(=O)[C@@H](C)C1C(=O)/C(=C(O)\C=C\C(C)C)C(=O)N1C1CCC(O[Si](C)(C)C(C)(C)C)C(C)O1. The summed E-state index contributed by atoms with van der Waals surface area (Å²) in [5.74, 6) is -2.59. The Hall–Kier alpha value is -1.97. The smallest absolute Gasteiger partial charge is 0.264 e. The molecule has 2 saturated heterocycles. The molecule has 2 N–H and O–H groups in total. The van der Waals surface area contributed by atoms with Crippen LogP contribution in [0.5, 0.6) is 0 Å². The predicted octanol–water partition coefficient (Wildman–Crippen LogP) is 4.09. The molecular formula is C26H44N2O6Si. The Balaban J connectivity index is 2.37.